The van der Waals surface area contributed by atoms with Gasteiger partial charge in [-0.25, -0.2) is 9.78 Å². The summed E-state index contributed by atoms with van der Waals surface area (Å²) in [5.41, 5.74) is 1.94. The Morgan fingerprint density at radius 2 is 2.28 bits per heavy atom. The Morgan fingerprint density at radius 3 is 2.89 bits per heavy atom. The number of amides is 1. The zero-order chi connectivity index (χ0) is 13.1. The highest BCUT2D eigenvalue weighted by molar-refractivity contribution is 7.13. The van der Waals surface area contributed by atoms with Gasteiger partial charge in [-0.3, -0.25) is 5.32 Å². The highest BCUT2D eigenvalue weighted by Crippen LogP contribution is 2.33. The number of hydrogen-bond acceptors (Lipinski definition) is 4. The van der Waals surface area contributed by atoms with E-state index in [1.54, 1.807) is 0 Å². The second-order valence-corrected chi connectivity index (χ2v) is 4.52. The van der Waals surface area contributed by atoms with Gasteiger partial charge in [-0.15, -0.1) is 11.3 Å². The van der Waals surface area contributed by atoms with Crippen LogP contribution in [0.25, 0.3) is 10.6 Å². The zero-order valence-electron chi connectivity index (χ0n) is 9.67. The van der Waals surface area contributed by atoms with E-state index in [2.05, 4.69) is 10.3 Å². The lowest BCUT2D eigenvalue weighted by atomic mass is 10.1. The Morgan fingerprint density at radius 1 is 1.50 bits per heavy atom. The second-order valence-electron chi connectivity index (χ2n) is 3.66. The number of carbonyl (C=O) groups is 1. The van der Waals surface area contributed by atoms with E-state index in [9.17, 15) is 9.90 Å². The fourth-order valence-electron chi connectivity index (χ4n) is 1.53. The maximum Gasteiger partial charge on any atom is 0.409 e. The SMILES string of the molecule is CCc1csc(-c2cc(O)ccc2NC(=O)O)n1. The molecule has 0 radical (unpaired) electrons. The van der Waals surface area contributed by atoms with Crippen molar-refractivity contribution in [2.75, 3.05) is 5.32 Å². The molecule has 0 spiro atoms. The van der Waals surface area contributed by atoms with Gasteiger partial charge in [0.05, 0.1) is 11.4 Å². The molecule has 1 aromatic carbocycles. The van der Waals surface area contributed by atoms with Crippen molar-refractivity contribution in [2.45, 2.75) is 13.3 Å². The molecule has 0 saturated carbocycles. The average molecular weight is 264 g/mol. The number of nitrogens with zero attached hydrogens (tertiary/aromatic N) is 1. The van der Waals surface area contributed by atoms with Crippen LogP contribution in [-0.4, -0.2) is 21.3 Å². The molecular weight excluding hydrogens is 252 g/mol. The van der Waals surface area contributed by atoms with E-state index in [0.29, 0.717) is 16.3 Å². The number of phenols is 1. The second kappa shape index (κ2) is 5.05. The van der Waals surface area contributed by atoms with E-state index in [0.717, 1.165) is 12.1 Å². The summed E-state index contributed by atoms with van der Waals surface area (Å²) in [5.74, 6) is 0.0780. The quantitative estimate of drug-likeness (QED) is 0.743. The van der Waals surface area contributed by atoms with Gasteiger partial charge in [0.25, 0.3) is 0 Å². The molecule has 1 heterocycles. The Balaban J connectivity index is 2.46. The molecule has 0 fully saturated rings. The molecule has 0 aliphatic rings. The average Bonchev–Trinajstić information content (AvgIpc) is 2.79. The summed E-state index contributed by atoms with van der Waals surface area (Å²) in [5, 5.41) is 23.2. The van der Waals surface area contributed by atoms with Crippen molar-refractivity contribution in [3.05, 3.63) is 29.3 Å². The Hall–Kier alpha value is -2.08. The van der Waals surface area contributed by atoms with Crippen molar-refractivity contribution in [2.24, 2.45) is 0 Å². The lowest BCUT2D eigenvalue weighted by Gasteiger charge is -2.07. The standard InChI is InChI=1S/C12H12N2O3S/c1-2-7-6-18-11(13-7)9-5-8(15)3-4-10(9)14-12(16)17/h3-6,14-15H,2H2,1H3,(H,16,17). The Labute approximate surface area is 108 Å². The first-order chi connectivity index (χ1) is 8.60. The van der Waals surface area contributed by atoms with Crippen molar-refractivity contribution < 1.29 is 15.0 Å². The molecule has 1 aromatic heterocycles. The van der Waals surface area contributed by atoms with Gasteiger partial charge < -0.3 is 10.2 Å². The lowest BCUT2D eigenvalue weighted by molar-refractivity contribution is 0.210. The Bertz CT molecular complexity index is 580. The third-order valence-electron chi connectivity index (χ3n) is 2.39. The van der Waals surface area contributed by atoms with E-state index < -0.39 is 6.09 Å². The summed E-state index contributed by atoms with van der Waals surface area (Å²) < 4.78 is 0. The van der Waals surface area contributed by atoms with Gasteiger partial charge in [-0.05, 0) is 24.6 Å². The van der Waals surface area contributed by atoms with Crippen molar-refractivity contribution in [3.8, 4) is 16.3 Å². The molecule has 0 unspecified atom stereocenters. The molecule has 0 bridgehead atoms. The van der Waals surface area contributed by atoms with Crippen molar-refractivity contribution in [1.29, 1.82) is 0 Å². The number of aryl methyl sites for hydroxylation is 1. The van der Waals surface area contributed by atoms with Crippen LogP contribution < -0.4 is 5.32 Å². The van der Waals surface area contributed by atoms with Crippen molar-refractivity contribution >= 4 is 23.1 Å². The summed E-state index contributed by atoms with van der Waals surface area (Å²) in [7, 11) is 0. The number of benzene rings is 1. The third kappa shape index (κ3) is 2.60. The fraction of sp³-hybridized carbons (Fsp3) is 0.167. The first kappa shape index (κ1) is 12.4. The first-order valence-corrected chi connectivity index (χ1v) is 6.26. The molecule has 5 nitrogen and oxygen atoms in total. The number of aromatic nitrogens is 1. The minimum absolute atomic E-state index is 0.0780. The van der Waals surface area contributed by atoms with E-state index in [1.807, 2.05) is 12.3 Å². The molecule has 2 aromatic rings. The normalized spacial score (nSPS) is 10.3. The number of carboxylic acid groups (broad SMARTS) is 1. The van der Waals surface area contributed by atoms with Crippen LogP contribution >= 0.6 is 11.3 Å². The number of aromatic hydroxyl groups is 1. The van der Waals surface area contributed by atoms with Gasteiger partial charge in [0, 0.05) is 10.9 Å². The summed E-state index contributed by atoms with van der Waals surface area (Å²) in [6.07, 6.45) is -0.328. The lowest BCUT2D eigenvalue weighted by Crippen LogP contribution is -2.08. The Kier molecular flexibility index (Phi) is 3.47. The fourth-order valence-corrected chi connectivity index (χ4v) is 2.46. The monoisotopic (exact) mass is 264 g/mol. The van der Waals surface area contributed by atoms with Crippen LogP contribution in [0.15, 0.2) is 23.6 Å². The highest BCUT2D eigenvalue weighted by atomic mass is 32.1. The van der Waals surface area contributed by atoms with Gasteiger partial charge in [0.15, 0.2) is 0 Å². The summed E-state index contributed by atoms with van der Waals surface area (Å²) in [6, 6.07) is 4.46. The summed E-state index contributed by atoms with van der Waals surface area (Å²) >= 11 is 1.42. The zero-order valence-corrected chi connectivity index (χ0v) is 10.5. The third-order valence-corrected chi connectivity index (χ3v) is 3.31. The van der Waals surface area contributed by atoms with Crippen LogP contribution in [0.2, 0.25) is 0 Å². The minimum atomic E-state index is -1.14. The number of phenolic OH excluding ortho intramolecular Hbond substituents is 1. The number of anilines is 1. The van der Waals surface area contributed by atoms with Crippen molar-refractivity contribution in [3.63, 3.8) is 0 Å². The molecule has 18 heavy (non-hydrogen) atoms. The molecule has 6 heteroatoms. The summed E-state index contributed by atoms with van der Waals surface area (Å²) in [6.45, 7) is 2.00. The predicted molar refractivity (Wildman–Crippen MR) is 70.2 cm³/mol. The maximum absolute atomic E-state index is 10.7. The van der Waals surface area contributed by atoms with E-state index >= 15 is 0 Å². The molecule has 0 aliphatic heterocycles. The number of thiazole rings is 1. The molecule has 94 valence electrons. The predicted octanol–water partition coefficient (Wildman–Crippen LogP) is 3.17. The highest BCUT2D eigenvalue weighted by Gasteiger charge is 2.12. The number of hydrogen-bond donors (Lipinski definition) is 3. The van der Waals surface area contributed by atoms with E-state index in [1.165, 1.54) is 29.5 Å². The molecule has 0 saturated heterocycles. The van der Waals surface area contributed by atoms with Crippen LogP contribution in [0.1, 0.15) is 12.6 Å². The van der Waals surface area contributed by atoms with Crippen LogP contribution in [0.4, 0.5) is 10.5 Å². The van der Waals surface area contributed by atoms with Gasteiger partial charge in [0.2, 0.25) is 0 Å². The van der Waals surface area contributed by atoms with E-state index in [4.69, 9.17) is 5.11 Å². The van der Waals surface area contributed by atoms with Crippen LogP contribution in [0, 0.1) is 0 Å². The number of nitrogens with one attached hydrogen (secondary N) is 1. The van der Waals surface area contributed by atoms with Gasteiger partial charge >= 0.3 is 6.09 Å². The minimum Gasteiger partial charge on any atom is -0.508 e. The van der Waals surface area contributed by atoms with Crippen LogP contribution in [-0.2, 0) is 6.42 Å². The maximum atomic E-state index is 10.7. The molecule has 1 amide bonds. The molecule has 3 N–H and O–H groups in total. The largest absolute Gasteiger partial charge is 0.508 e. The van der Waals surface area contributed by atoms with Crippen LogP contribution in [0.5, 0.6) is 5.75 Å². The van der Waals surface area contributed by atoms with E-state index in [-0.39, 0.29) is 5.75 Å². The summed E-state index contributed by atoms with van der Waals surface area (Å²) in [4.78, 5) is 15.1. The number of rotatable bonds is 3. The van der Waals surface area contributed by atoms with Crippen molar-refractivity contribution in [1.82, 2.24) is 4.98 Å². The molecule has 0 atom stereocenters. The smallest absolute Gasteiger partial charge is 0.409 e. The van der Waals surface area contributed by atoms with Gasteiger partial charge in [-0.1, -0.05) is 6.92 Å². The molecule has 0 aliphatic carbocycles. The molecular formula is C12H12N2O3S. The first-order valence-electron chi connectivity index (χ1n) is 5.38. The van der Waals surface area contributed by atoms with Gasteiger partial charge in [-0.2, -0.15) is 0 Å². The van der Waals surface area contributed by atoms with Gasteiger partial charge in [0.1, 0.15) is 10.8 Å². The van der Waals surface area contributed by atoms with Crippen LogP contribution in [0.3, 0.4) is 0 Å². The molecule has 2 rings (SSSR count). The topological polar surface area (TPSA) is 82.5 Å².